The molecule has 7 nitrogen and oxygen atoms in total. The number of hydrazone groups is 1. The fourth-order valence-electron chi connectivity index (χ4n) is 6.89. The Kier molecular flexibility index (Phi) is 5.95. The van der Waals surface area contributed by atoms with Gasteiger partial charge in [-0.15, -0.1) is 0 Å². The van der Waals surface area contributed by atoms with E-state index in [2.05, 4.69) is 71.0 Å². The van der Waals surface area contributed by atoms with Crippen molar-refractivity contribution in [2.45, 2.75) is 72.6 Å². The van der Waals surface area contributed by atoms with Gasteiger partial charge in [0.15, 0.2) is 0 Å². The second-order valence-corrected chi connectivity index (χ2v) is 11.4. The van der Waals surface area contributed by atoms with Crippen LogP contribution >= 0.6 is 0 Å². The average molecular weight is 535 g/mol. The Labute approximate surface area is 235 Å². The molecule has 0 saturated heterocycles. The van der Waals surface area contributed by atoms with Gasteiger partial charge >= 0.3 is 0 Å². The molecule has 3 heterocycles. The van der Waals surface area contributed by atoms with Gasteiger partial charge < -0.3 is 9.68 Å². The summed E-state index contributed by atoms with van der Waals surface area (Å²) in [6.45, 7) is 14.0. The Morgan fingerprint density at radius 3 is 1.77 bits per heavy atom. The lowest BCUT2D eigenvalue weighted by Crippen LogP contribution is -2.63. The number of benzene rings is 3. The quantitative estimate of drug-likeness (QED) is 0.402. The first-order valence-electron chi connectivity index (χ1n) is 13.7. The van der Waals surface area contributed by atoms with Crippen LogP contribution in [0.1, 0.15) is 69.8 Å². The van der Waals surface area contributed by atoms with Crippen molar-refractivity contribution < 1.29 is 14.5 Å². The molecule has 3 aliphatic heterocycles. The zero-order valence-corrected chi connectivity index (χ0v) is 24.1. The molecule has 3 aliphatic rings. The van der Waals surface area contributed by atoms with Crippen molar-refractivity contribution in [3.63, 3.8) is 0 Å². The van der Waals surface area contributed by atoms with Gasteiger partial charge in [-0.3, -0.25) is 4.79 Å². The van der Waals surface area contributed by atoms with Crippen molar-refractivity contribution >= 4 is 23.0 Å². The van der Waals surface area contributed by atoms with Crippen LogP contribution in [0.2, 0.25) is 0 Å². The van der Waals surface area contributed by atoms with Crippen molar-refractivity contribution in [2.24, 2.45) is 15.4 Å². The molecular formula is C33H34N4O3. The lowest BCUT2D eigenvalue weighted by Gasteiger charge is -2.39. The molecule has 0 aliphatic carbocycles. The van der Waals surface area contributed by atoms with E-state index in [9.17, 15) is 4.79 Å². The van der Waals surface area contributed by atoms with Crippen molar-refractivity contribution in [1.82, 2.24) is 5.01 Å². The Hall–Kier alpha value is -4.26. The predicted molar refractivity (Wildman–Crippen MR) is 157 cm³/mol. The average Bonchev–Trinajstić information content (AvgIpc) is 3.57. The first-order chi connectivity index (χ1) is 19.1. The normalized spacial score (nSPS) is 23.3. The van der Waals surface area contributed by atoms with Crippen LogP contribution in [0.25, 0.3) is 0 Å². The number of hydrogen-bond donors (Lipinski definition) is 0. The Bertz CT molecular complexity index is 1610. The van der Waals surface area contributed by atoms with E-state index in [0.29, 0.717) is 18.6 Å². The number of oxime groups is 2. The highest BCUT2D eigenvalue weighted by molar-refractivity contribution is 6.17. The summed E-state index contributed by atoms with van der Waals surface area (Å²) in [5, 5.41) is 15.7. The summed E-state index contributed by atoms with van der Waals surface area (Å²) in [6, 6.07) is 18.4. The molecule has 0 bridgehead atoms. The van der Waals surface area contributed by atoms with Crippen molar-refractivity contribution in [3.8, 4) is 0 Å². The van der Waals surface area contributed by atoms with E-state index in [4.69, 9.17) is 19.9 Å². The SMILES string of the molecule is CC(=O)N1N=C(c2ccccc2)[C@@]2(CC(c3c(C)cc(C)cc3C)=NO2)[C@]12CC(c1c(C)cc(C)cc1C)=NO2. The van der Waals surface area contributed by atoms with Crippen molar-refractivity contribution in [2.75, 3.05) is 0 Å². The third-order valence-corrected chi connectivity index (χ3v) is 8.27. The molecule has 0 saturated carbocycles. The number of carbonyl (C=O) groups is 1. The van der Waals surface area contributed by atoms with E-state index >= 15 is 0 Å². The van der Waals surface area contributed by atoms with Crippen LogP contribution in [0.3, 0.4) is 0 Å². The van der Waals surface area contributed by atoms with Gasteiger partial charge in [0.2, 0.25) is 11.5 Å². The highest BCUT2D eigenvalue weighted by Crippen LogP contribution is 2.53. The molecule has 3 aromatic rings. The summed E-state index contributed by atoms with van der Waals surface area (Å²) in [5.41, 5.74) is 9.43. The van der Waals surface area contributed by atoms with Gasteiger partial charge in [-0.25, -0.2) is 0 Å². The molecule has 0 aromatic heterocycles. The van der Waals surface area contributed by atoms with Gasteiger partial charge in [0.1, 0.15) is 5.71 Å². The standard InChI is InChI=1S/C33H34N4O3/c1-19-13-21(3)29(22(4)14-19)27-17-32(39-35-27)31(26-11-9-8-10-12-26)34-37(25(7)38)33(32)18-28(36-40-33)30-23(5)15-20(2)16-24(30)6/h8-16H,17-18H2,1-7H3/t32-,33+/m0/s1. The van der Waals surface area contributed by atoms with Crippen molar-refractivity contribution in [3.05, 3.63) is 105 Å². The molecule has 2 atom stereocenters. The van der Waals surface area contributed by atoms with Crippen LogP contribution < -0.4 is 0 Å². The van der Waals surface area contributed by atoms with Gasteiger partial charge in [0.25, 0.3) is 5.72 Å². The summed E-state index contributed by atoms with van der Waals surface area (Å²) in [6.07, 6.45) is 0.690. The number of amides is 1. The molecule has 7 heteroatoms. The fourth-order valence-corrected chi connectivity index (χ4v) is 6.89. The summed E-state index contributed by atoms with van der Waals surface area (Å²) >= 11 is 0. The van der Waals surface area contributed by atoms with Crippen LogP contribution in [0.5, 0.6) is 0 Å². The summed E-state index contributed by atoms with van der Waals surface area (Å²) in [4.78, 5) is 26.2. The zero-order valence-electron chi connectivity index (χ0n) is 24.1. The highest BCUT2D eigenvalue weighted by atomic mass is 16.7. The molecule has 3 aromatic carbocycles. The van der Waals surface area contributed by atoms with E-state index in [-0.39, 0.29) is 5.91 Å². The number of carbonyl (C=O) groups excluding carboxylic acids is 1. The smallest absolute Gasteiger partial charge is 0.285 e. The highest BCUT2D eigenvalue weighted by Gasteiger charge is 2.73. The second-order valence-electron chi connectivity index (χ2n) is 11.4. The topological polar surface area (TPSA) is 75.9 Å². The van der Waals surface area contributed by atoms with Crippen LogP contribution in [0.15, 0.2) is 70.0 Å². The molecule has 2 spiro atoms. The first-order valence-corrected chi connectivity index (χ1v) is 13.7. The first kappa shape index (κ1) is 26.0. The Balaban J connectivity index is 1.50. The van der Waals surface area contributed by atoms with Gasteiger partial charge in [-0.05, 0) is 63.8 Å². The van der Waals surface area contributed by atoms with Crippen LogP contribution in [-0.2, 0) is 14.5 Å². The summed E-state index contributed by atoms with van der Waals surface area (Å²) in [7, 11) is 0. The maximum Gasteiger partial charge on any atom is 0.285 e. The largest absolute Gasteiger partial charge is 0.375 e. The van der Waals surface area contributed by atoms with E-state index in [1.54, 1.807) is 0 Å². The maximum absolute atomic E-state index is 13.2. The van der Waals surface area contributed by atoms with E-state index in [1.165, 1.54) is 23.1 Å². The van der Waals surface area contributed by atoms with Crippen molar-refractivity contribution in [1.29, 1.82) is 0 Å². The number of aryl methyl sites for hydroxylation is 6. The molecule has 0 unspecified atom stereocenters. The summed E-state index contributed by atoms with van der Waals surface area (Å²) < 4.78 is 0. The molecule has 40 heavy (non-hydrogen) atoms. The van der Waals surface area contributed by atoms with E-state index < -0.39 is 11.3 Å². The molecule has 6 rings (SSSR count). The number of fused-ring (bicyclic) bond motifs is 1. The van der Waals surface area contributed by atoms with Gasteiger partial charge in [0, 0.05) is 30.0 Å². The number of nitrogens with zero attached hydrogens (tertiary/aromatic N) is 4. The second kappa shape index (κ2) is 9.15. The van der Waals surface area contributed by atoms with E-state index in [0.717, 1.165) is 50.4 Å². The third-order valence-electron chi connectivity index (χ3n) is 8.27. The molecular weight excluding hydrogens is 500 g/mol. The monoisotopic (exact) mass is 534 g/mol. The minimum atomic E-state index is -1.33. The Morgan fingerprint density at radius 2 is 1.25 bits per heavy atom. The third kappa shape index (κ3) is 3.71. The minimum Gasteiger partial charge on any atom is -0.375 e. The van der Waals surface area contributed by atoms with Crippen LogP contribution in [0.4, 0.5) is 0 Å². The predicted octanol–water partition coefficient (Wildman–Crippen LogP) is 6.19. The Morgan fingerprint density at radius 1 is 0.750 bits per heavy atom. The lowest BCUT2D eigenvalue weighted by molar-refractivity contribution is -0.216. The maximum atomic E-state index is 13.2. The molecule has 1 amide bonds. The molecule has 0 N–H and O–H groups in total. The zero-order chi connectivity index (χ0) is 28.4. The van der Waals surface area contributed by atoms with E-state index in [1.807, 2.05) is 30.3 Å². The van der Waals surface area contributed by atoms with Gasteiger partial charge in [-0.1, -0.05) is 76.0 Å². The number of hydrogen-bond acceptors (Lipinski definition) is 6. The van der Waals surface area contributed by atoms with Crippen LogP contribution in [-0.4, -0.2) is 39.4 Å². The lowest BCUT2D eigenvalue weighted by atomic mass is 9.75. The molecule has 0 radical (unpaired) electrons. The number of rotatable bonds is 3. The van der Waals surface area contributed by atoms with Crippen LogP contribution in [0, 0.1) is 41.5 Å². The minimum absolute atomic E-state index is 0.251. The molecule has 0 fully saturated rings. The molecule has 204 valence electrons. The summed E-state index contributed by atoms with van der Waals surface area (Å²) in [5.74, 6) is -0.251. The van der Waals surface area contributed by atoms with Gasteiger partial charge in [-0.2, -0.15) is 10.1 Å². The fraction of sp³-hybridized carbons (Fsp3) is 0.333. The van der Waals surface area contributed by atoms with Gasteiger partial charge in [0.05, 0.1) is 17.8 Å².